The number of piperidine rings is 1. The summed E-state index contributed by atoms with van der Waals surface area (Å²) in [6, 6.07) is -0.275. The number of hydrogen-bond donors (Lipinski definition) is 2. The molecule has 1 amide bonds. The Morgan fingerprint density at radius 3 is 2.58 bits per heavy atom. The Hall–Kier alpha value is -1.31. The van der Waals surface area contributed by atoms with Crippen molar-refractivity contribution in [2.45, 2.75) is 37.9 Å². The number of carboxylic acids is 1. The lowest BCUT2D eigenvalue weighted by atomic mass is 9.99. The number of amides is 1. The Labute approximate surface area is 108 Å². The maximum Gasteiger partial charge on any atom is 0.405 e. The van der Waals surface area contributed by atoms with Crippen LogP contribution in [0.4, 0.5) is 13.2 Å². The fourth-order valence-electron chi connectivity index (χ4n) is 2.14. The molecule has 0 bridgehead atoms. The van der Waals surface area contributed by atoms with Crippen molar-refractivity contribution in [1.29, 1.82) is 0 Å². The van der Waals surface area contributed by atoms with Gasteiger partial charge in [-0.2, -0.15) is 13.2 Å². The third-order valence-electron chi connectivity index (χ3n) is 2.99. The average Bonchev–Trinajstić information content (AvgIpc) is 2.27. The summed E-state index contributed by atoms with van der Waals surface area (Å²) < 4.78 is 35.8. The van der Waals surface area contributed by atoms with Crippen LogP contribution in [0.3, 0.4) is 0 Å². The maximum atomic E-state index is 11.9. The second-order valence-corrected chi connectivity index (χ2v) is 4.61. The van der Waals surface area contributed by atoms with Gasteiger partial charge in [-0.15, -0.1) is 0 Å². The molecule has 1 rings (SSSR count). The minimum atomic E-state index is -4.43. The van der Waals surface area contributed by atoms with E-state index in [-0.39, 0.29) is 19.0 Å². The van der Waals surface area contributed by atoms with Crippen molar-refractivity contribution in [3.63, 3.8) is 0 Å². The van der Waals surface area contributed by atoms with Gasteiger partial charge in [0.25, 0.3) is 0 Å². The van der Waals surface area contributed by atoms with Crippen LogP contribution in [-0.4, -0.2) is 53.7 Å². The SMILES string of the molecule is O=C(O)CC1CCCCN1CC(=O)NCC(F)(F)F. The Morgan fingerprint density at radius 2 is 2.00 bits per heavy atom. The minimum absolute atomic E-state index is 0.0907. The molecule has 19 heavy (non-hydrogen) atoms. The third-order valence-corrected chi connectivity index (χ3v) is 2.99. The molecule has 1 aliphatic heterocycles. The number of nitrogens with zero attached hydrogens (tertiary/aromatic N) is 1. The summed E-state index contributed by atoms with van der Waals surface area (Å²) in [7, 11) is 0. The molecule has 0 spiro atoms. The highest BCUT2D eigenvalue weighted by atomic mass is 19.4. The number of nitrogens with one attached hydrogen (secondary N) is 1. The average molecular weight is 282 g/mol. The van der Waals surface area contributed by atoms with Crippen LogP contribution in [0.2, 0.25) is 0 Å². The van der Waals surface area contributed by atoms with E-state index in [1.54, 1.807) is 10.2 Å². The van der Waals surface area contributed by atoms with Crippen molar-refractivity contribution < 1.29 is 27.9 Å². The van der Waals surface area contributed by atoms with Crippen molar-refractivity contribution >= 4 is 11.9 Å². The zero-order valence-electron chi connectivity index (χ0n) is 10.4. The summed E-state index contributed by atoms with van der Waals surface area (Å²) in [6.45, 7) is -1.01. The molecule has 1 saturated heterocycles. The number of likely N-dealkylation sites (tertiary alicyclic amines) is 1. The summed E-state index contributed by atoms with van der Waals surface area (Å²) >= 11 is 0. The van der Waals surface area contributed by atoms with Gasteiger partial charge >= 0.3 is 12.1 Å². The first kappa shape index (κ1) is 15.7. The molecule has 0 aromatic rings. The first-order valence-electron chi connectivity index (χ1n) is 6.07. The van der Waals surface area contributed by atoms with Crippen molar-refractivity contribution in [3.05, 3.63) is 0 Å². The molecule has 1 heterocycles. The Morgan fingerprint density at radius 1 is 1.32 bits per heavy atom. The highest BCUT2D eigenvalue weighted by Gasteiger charge is 2.30. The highest BCUT2D eigenvalue weighted by Crippen LogP contribution is 2.19. The molecule has 0 aromatic carbocycles. The van der Waals surface area contributed by atoms with Gasteiger partial charge in [-0.3, -0.25) is 14.5 Å². The lowest BCUT2D eigenvalue weighted by Crippen LogP contribution is -2.47. The molecule has 0 aliphatic carbocycles. The first-order valence-corrected chi connectivity index (χ1v) is 6.07. The molecule has 1 aliphatic rings. The van der Waals surface area contributed by atoms with E-state index in [9.17, 15) is 22.8 Å². The molecule has 0 aromatic heterocycles. The number of carboxylic acid groups (broad SMARTS) is 1. The highest BCUT2D eigenvalue weighted by molar-refractivity contribution is 5.78. The van der Waals surface area contributed by atoms with Crippen LogP contribution >= 0.6 is 0 Å². The smallest absolute Gasteiger partial charge is 0.405 e. The van der Waals surface area contributed by atoms with Crippen molar-refractivity contribution in [2.75, 3.05) is 19.6 Å². The van der Waals surface area contributed by atoms with Crippen molar-refractivity contribution in [1.82, 2.24) is 10.2 Å². The van der Waals surface area contributed by atoms with E-state index >= 15 is 0 Å². The minimum Gasteiger partial charge on any atom is -0.481 e. The van der Waals surface area contributed by atoms with E-state index in [0.29, 0.717) is 13.0 Å². The molecule has 1 atom stereocenters. The summed E-state index contributed by atoms with van der Waals surface area (Å²) in [5.74, 6) is -1.69. The van der Waals surface area contributed by atoms with Gasteiger partial charge in [-0.05, 0) is 19.4 Å². The molecule has 1 fully saturated rings. The standard InChI is InChI=1S/C11H17F3N2O3/c12-11(13,14)7-15-9(17)6-16-4-2-1-3-8(16)5-10(18)19/h8H,1-7H2,(H,15,17)(H,18,19). The molecule has 0 radical (unpaired) electrons. The normalized spacial score (nSPS) is 21.1. The summed E-state index contributed by atoms with van der Waals surface area (Å²) in [4.78, 5) is 23.7. The predicted octanol–water partition coefficient (Wildman–Crippen LogP) is 0.994. The second kappa shape index (κ2) is 6.74. The quantitative estimate of drug-likeness (QED) is 0.789. The van der Waals surface area contributed by atoms with Gasteiger partial charge in [-0.1, -0.05) is 6.42 Å². The second-order valence-electron chi connectivity index (χ2n) is 4.61. The summed E-state index contributed by atoms with van der Waals surface area (Å²) in [5.41, 5.74) is 0. The lowest BCUT2D eigenvalue weighted by molar-refractivity contribution is -0.141. The van der Waals surface area contributed by atoms with Gasteiger partial charge in [0.05, 0.1) is 13.0 Å². The van der Waals surface area contributed by atoms with Gasteiger partial charge in [0, 0.05) is 6.04 Å². The molecule has 0 saturated carbocycles. The molecule has 110 valence electrons. The zero-order chi connectivity index (χ0) is 14.5. The monoisotopic (exact) mass is 282 g/mol. The molecule has 2 N–H and O–H groups in total. The topological polar surface area (TPSA) is 69.6 Å². The maximum absolute atomic E-state index is 11.9. The zero-order valence-corrected chi connectivity index (χ0v) is 10.4. The van der Waals surface area contributed by atoms with E-state index in [2.05, 4.69) is 0 Å². The van der Waals surface area contributed by atoms with Gasteiger partial charge in [0.1, 0.15) is 6.54 Å². The van der Waals surface area contributed by atoms with Crippen LogP contribution in [0.5, 0.6) is 0 Å². The van der Waals surface area contributed by atoms with E-state index in [1.807, 2.05) is 0 Å². The van der Waals surface area contributed by atoms with E-state index in [1.165, 1.54) is 0 Å². The van der Waals surface area contributed by atoms with Crippen LogP contribution in [0, 0.1) is 0 Å². The number of halogens is 3. The molecule has 5 nitrogen and oxygen atoms in total. The van der Waals surface area contributed by atoms with Crippen LogP contribution < -0.4 is 5.32 Å². The van der Waals surface area contributed by atoms with Gasteiger partial charge in [0.15, 0.2) is 0 Å². The largest absolute Gasteiger partial charge is 0.481 e. The number of hydrogen-bond acceptors (Lipinski definition) is 3. The molecular formula is C11H17F3N2O3. The number of carbonyl (C=O) groups excluding carboxylic acids is 1. The van der Waals surface area contributed by atoms with Crippen LogP contribution in [0.25, 0.3) is 0 Å². The lowest BCUT2D eigenvalue weighted by Gasteiger charge is -2.34. The fourth-order valence-corrected chi connectivity index (χ4v) is 2.14. The Balaban J connectivity index is 2.43. The third kappa shape index (κ3) is 6.42. The fraction of sp³-hybridized carbons (Fsp3) is 0.818. The number of alkyl halides is 3. The number of aliphatic carboxylic acids is 1. The Kier molecular flexibility index (Phi) is 5.59. The molecule has 8 heteroatoms. The van der Waals surface area contributed by atoms with E-state index in [4.69, 9.17) is 5.11 Å². The van der Waals surface area contributed by atoms with Crippen LogP contribution in [0.15, 0.2) is 0 Å². The first-order chi connectivity index (χ1) is 8.78. The van der Waals surface area contributed by atoms with Crippen LogP contribution in [-0.2, 0) is 9.59 Å². The van der Waals surface area contributed by atoms with Gasteiger partial charge in [-0.25, -0.2) is 0 Å². The summed E-state index contributed by atoms with van der Waals surface area (Å²) in [6.07, 6.45) is -2.18. The van der Waals surface area contributed by atoms with Crippen molar-refractivity contribution in [2.24, 2.45) is 0 Å². The van der Waals surface area contributed by atoms with Crippen LogP contribution in [0.1, 0.15) is 25.7 Å². The van der Waals surface area contributed by atoms with Gasteiger partial charge < -0.3 is 10.4 Å². The Bertz CT molecular complexity index is 334. The summed E-state index contributed by atoms with van der Waals surface area (Å²) in [5, 5.41) is 10.5. The molecular weight excluding hydrogens is 265 g/mol. The van der Waals surface area contributed by atoms with E-state index < -0.39 is 24.6 Å². The number of carbonyl (C=O) groups is 2. The van der Waals surface area contributed by atoms with E-state index in [0.717, 1.165) is 12.8 Å². The number of rotatable bonds is 5. The predicted molar refractivity (Wildman–Crippen MR) is 60.5 cm³/mol. The molecule has 1 unspecified atom stereocenters. The van der Waals surface area contributed by atoms with Crippen molar-refractivity contribution in [3.8, 4) is 0 Å². The van der Waals surface area contributed by atoms with Gasteiger partial charge in [0.2, 0.25) is 5.91 Å².